The molecule has 2 aromatic rings. The summed E-state index contributed by atoms with van der Waals surface area (Å²) in [5, 5.41) is 17.0. The van der Waals surface area contributed by atoms with Gasteiger partial charge in [-0.1, -0.05) is 35.0 Å². The highest BCUT2D eigenvalue weighted by atomic mass is 35.5. The highest BCUT2D eigenvalue weighted by molar-refractivity contribution is 7.99. The van der Waals surface area contributed by atoms with Crippen molar-refractivity contribution in [3.8, 4) is 0 Å². The van der Waals surface area contributed by atoms with Crippen LogP contribution in [0.5, 0.6) is 0 Å². The molecule has 0 fully saturated rings. The maximum atomic E-state index is 10.8. The van der Waals surface area contributed by atoms with Crippen molar-refractivity contribution in [2.24, 2.45) is 0 Å². The highest BCUT2D eigenvalue weighted by Gasteiger charge is 2.09. The van der Waals surface area contributed by atoms with Crippen LogP contribution in [0.2, 0.25) is 10.3 Å². The number of aromatic nitrogens is 3. The Kier molecular flexibility index (Phi) is 4.00. The fourth-order valence-electron chi connectivity index (χ4n) is 1.12. The fraction of sp³-hybridized carbons (Fsp3) is 0. The number of aromatic carboxylic acids is 1. The molecule has 0 atom stereocenters. The molecule has 0 radical (unpaired) electrons. The number of carboxylic acids is 1. The summed E-state index contributed by atoms with van der Waals surface area (Å²) in [6.07, 6.45) is 1.41. The second kappa shape index (κ2) is 5.51. The van der Waals surface area contributed by atoms with E-state index in [1.165, 1.54) is 36.2 Å². The van der Waals surface area contributed by atoms with Crippen LogP contribution in [-0.2, 0) is 0 Å². The topological polar surface area (TPSA) is 76.0 Å². The van der Waals surface area contributed by atoms with Crippen LogP contribution in [0.15, 0.2) is 34.3 Å². The van der Waals surface area contributed by atoms with Crippen LogP contribution in [0.3, 0.4) is 0 Å². The third-order valence-corrected chi connectivity index (χ3v) is 3.42. The van der Waals surface area contributed by atoms with E-state index in [-0.39, 0.29) is 15.9 Å². The Morgan fingerprint density at radius 1 is 1.28 bits per heavy atom. The fourth-order valence-corrected chi connectivity index (χ4v) is 2.36. The van der Waals surface area contributed by atoms with Gasteiger partial charge in [-0.2, -0.15) is 0 Å². The molecule has 92 valence electrons. The van der Waals surface area contributed by atoms with Crippen molar-refractivity contribution in [3.63, 3.8) is 0 Å². The Bertz CT molecular complexity index is 609. The van der Waals surface area contributed by atoms with Gasteiger partial charge in [-0.25, -0.2) is 9.78 Å². The summed E-state index contributed by atoms with van der Waals surface area (Å²) in [5.41, 5.74) is 0.150. The quantitative estimate of drug-likeness (QED) is 0.939. The number of carboxylic acid groups (broad SMARTS) is 1. The monoisotopic (exact) mass is 301 g/mol. The van der Waals surface area contributed by atoms with E-state index in [0.29, 0.717) is 9.92 Å². The number of carbonyl (C=O) groups is 1. The summed E-state index contributed by atoms with van der Waals surface area (Å²) in [6.45, 7) is 0. The number of hydrogen-bond donors (Lipinski definition) is 1. The first-order chi connectivity index (χ1) is 8.56. The first-order valence-electron chi connectivity index (χ1n) is 4.62. The zero-order chi connectivity index (χ0) is 13.1. The molecule has 8 heteroatoms. The van der Waals surface area contributed by atoms with Crippen LogP contribution in [0.4, 0.5) is 0 Å². The lowest BCUT2D eigenvalue weighted by Gasteiger charge is -2.03. The van der Waals surface area contributed by atoms with E-state index in [0.717, 1.165) is 0 Å². The molecule has 2 heterocycles. The molecule has 0 unspecified atom stereocenters. The van der Waals surface area contributed by atoms with Gasteiger partial charge in [0.2, 0.25) is 0 Å². The smallest absolute Gasteiger partial charge is 0.335 e. The van der Waals surface area contributed by atoms with Crippen LogP contribution in [0.25, 0.3) is 0 Å². The first-order valence-corrected chi connectivity index (χ1v) is 6.19. The zero-order valence-corrected chi connectivity index (χ0v) is 11.0. The van der Waals surface area contributed by atoms with E-state index in [1.54, 1.807) is 0 Å². The van der Waals surface area contributed by atoms with Crippen LogP contribution >= 0.6 is 35.0 Å². The molecule has 0 aromatic carbocycles. The van der Waals surface area contributed by atoms with Gasteiger partial charge in [-0.3, -0.25) is 0 Å². The second-order valence-electron chi connectivity index (χ2n) is 3.11. The molecule has 0 saturated carbocycles. The average Bonchev–Trinajstić information content (AvgIpc) is 2.34. The Balaban J connectivity index is 2.31. The Morgan fingerprint density at radius 3 is 2.78 bits per heavy atom. The summed E-state index contributed by atoms with van der Waals surface area (Å²) in [6, 6.07) is 4.39. The molecule has 18 heavy (non-hydrogen) atoms. The van der Waals surface area contributed by atoms with Gasteiger partial charge in [0, 0.05) is 6.20 Å². The van der Waals surface area contributed by atoms with Crippen molar-refractivity contribution >= 4 is 40.9 Å². The van der Waals surface area contributed by atoms with Gasteiger partial charge in [0.1, 0.15) is 5.03 Å². The summed E-state index contributed by atoms with van der Waals surface area (Å²) in [7, 11) is 0. The minimum Gasteiger partial charge on any atom is -0.478 e. The average molecular weight is 302 g/mol. The summed E-state index contributed by atoms with van der Waals surface area (Å²) in [4.78, 5) is 15.4. The highest BCUT2D eigenvalue weighted by Crippen LogP contribution is 2.32. The van der Waals surface area contributed by atoms with Crippen LogP contribution in [-0.4, -0.2) is 26.3 Å². The molecule has 1 N–H and O–H groups in total. The normalized spacial score (nSPS) is 10.3. The second-order valence-corrected chi connectivity index (χ2v) is 4.92. The lowest BCUT2D eigenvalue weighted by Crippen LogP contribution is -1.96. The molecule has 0 aliphatic heterocycles. The molecule has 0 spiro atoms. The maximum Gasteiger partial charge on any atom is 0.335 e. The van der Waals surface area contributed by atoms with Gasteiger partial charge < -0.3 is 5.11 Å². The summed E-state index contributed by atoms with van der Waals surface area (Å²) in [5.74, 6) is -1.02. The predicted molar refractivity (Wildman–Crippen MR) is 67.4 cm³/mol. The van der Waals surface area contributed by atoms with Crippen molar-refractivity contribution in [1.82, 2.24) is 15.2 Å². The first kappa shape index (κ1) is 13.1. The number of halogens is 2. The van der Waals surface area contributed by atoms with Crippen molar-refractivity contribution < 1.29 is 9.90 Å². The molecular weight excluding hydrogens is 297 g/mol. The Morgan fingerprint density at radius 2 is 2.06 bits per heavy atom. The summed E-state index contributed by atoms with van der Waals surface area (Å²) < 4.78 is 0. The molecule has 0 aliphatic rings. The summed E-state index contributed by atoms with van der Waals surface area (Å²) >= 11 is 12.7. The molecule has 0 bridgehead atoms. The van der Waals surface area contributed by atoms with Gasteiger partial charge >= 0.3 is 5.97 Å². The molecule has 2 aromatic heterocycles. The van der Waals surface area contributed by atoms with E-state index in [1.807, 2.05) is 0 Å². The van der Waals surface area contributed by atoms with Crippen molar-refractivity contribution in [2.75, 3.05) is 0 Å². The molecule has 0 amide bonds. The zero-order valence-electron chi connectivity index (χ0n) is 8.67. The Labute approximate surface area is 116 Å². The van der Waals surface area contributed by atoms with E-state index < -0.39 is 5.97 Å². The predicted octanol–water partition coefficient (Wildman–Crippen LogP) is 3.03. The largest absolute Gasteiger partial charge is 0.478 e. The van der Waals surface area contributed by atoms with E-state index in [2.05, 4.69) is 15.2 Å². The molecule has 2 rings (SSSR count). The van der Waals surface area contributed by atoms with Gasteiger partial charge in [-0.15, -0.1) is 10.2 Å². The number of rotatable bonds is 3. The SMILES string of the molecule is O=C(O)c1ccnc(Sc2cc(Cl)nnc2Cl)c1. The van der Waals surface area contributed by atoms with Gasteiger partial charge in [0.15, 0.2) is 10.3 Å². The number of nitrogens with zero attached hydrogens (tertiary/aromatic N) is 3. The van der Waals surface area contributed by atoms with Gasteiger partial charge in [0.05, 0.1) is 10.5 Å². The number of hydrogen-bond acceptors (Lipinski definition) is 5. The molecular formula is C10H5Cl2N3O2S. The van der Waals surface area contributed by atoms with Crippen molar-refractivity contribution in [1.29, 1.82) is 0 Å². The minimum absolute atomic E-state index is 0.150. The molecule has 5 nitrogen and oxygen atoms in total. The van der Waals surface area contributed by atoms with Crippen LogP contribution < -0.4 is 0 Å². The maximum absolute atomic E-state index is 10.8. The molecule has 0 saturated heterocycles. The molecule has 0 aliphatic carbocycles. The Hall–Kier alpha value is -1.37. The van der Waals surface area contributed by atoms with Crippen LogP contribution in [0, 0.1) is 0 Å². The lowest BCUT2D eigenvalue weighted by molar-refractivity contribution is 0.0696. The van der Waals surface area contributed by atoms with E-state index in [4.69, 9.17) is 28.3 Å². The van der Waals surface area contributed by atoms with Gasteiger partial charge in [-0.05, 0) is 18.2 Å². The van der Waals surface area contributed by atoms with Gasteiger partial charge in [0.25, 0.3) is 0 Å². The minimum atomic E-state index is -1.02. The van der Waals surface area contributed by atoms with E-state index >= 15 is 0 Å². The third-order valence-electron chi connectivity index (χ3n) is 1.88. The van der Waals surface area contributed by atoms with Crippen molar-refractivity contribution in [2.45, 2.75) is 9.92 Å². The van der Waals surface area contributed by atoms with E-state index in [9.17, 15) is 4.79 Å². The number of pyridine rings is 1. The van der Waals surface area contributed by atoms with Crippen molar-refractivity contribution in [3.05, 3.63) is 40.3 Å². The van der Waals surface area contributed by atoms with Crippen LogP contribution in [0.1, 0.15) is 10.4 Å². The third kappa shape index (κ3) is 3.10. The standard InChI is InChI=1S/C10H5Cl2N3O2S/c11-7-4-6(9(12)15-14-7)18-8-3-5(10(16)17)1-2-13-8/h1-4H,(H,16,17). The lowest BCUT2D eigenvalue weighted by atomic mass is 10.3.